The van der Waals surface area contributed by atoms with E-state index in [9.17, 15) is 9.59 Å². The summed E-state index contributed by atoms with van der Waals surface area (Å²) in [6.07, 6.45) is 9.40. The van der Waals surface area contributed by atoms with Crippen molar-refractivity contribution in [2.45, 2.75) is 69.9 Å². The van der Waals surface area contributed by atoms with Gasteiger partial charge in [-0.2, -0.15) is 0 Å². The van der Waals surface area contributed by atoms with Crippen molar-refractivity contribution < 1.29 is 19.1 Å². The van der Waals surface area contributed by atoms with Crippen LogP contribution in [-0.4, -0.2) is 70.0 Å². The summed E-state index contributed by atoms with van der Waals surface area (Å²) in [6, 6.07) is 7.93. The molecule has 0 spiro atoms. The average Bonchev–Trinajstić information content (AvgIpc) is 3.33. The monoisotopic (exact) mass is 574 g/mol. The fourth-order valence-electron chi connectivity index (χ4n) is 8.81. The van der Waals surface area contributed by atoms with E-state index in [-0.39, 0.29) is 18.0 Å². The third-order valence-corrected chi connectivity index (χ3v) is 10.7. The highest BCUT2D eigenvalue weighted by Gasteiger charge is 2.57. The van der Waals surface area contributed by atoms with Crippen LogP contribution in [0.3, 0.4) is 0 Å². The SMILES string of the molecule is CNCC(CC12CC3CC(CC1C3)C2)NC(=O)N1CCCC(C(C)(OCCNC(=O)OC)c2cccc(Cl)c2)C1. The zero-order chi connectivity index (χ0) is 28.3. The molecule has 222 valence electrons. The van der Waals surface area contributed by atoms with E-state index in [1.54, 1.807) is 0 Å². The lowest BCUT2D eigenvalue weighted by Crippen LogP contribution is -2.54. The first-order valence-electron chi connectivity index (χ1n) is 15.2. The van der Waals surface area contributed by atoms with Crippen LogP contribution in [0.4, 0.5) is 9.59 Å². The number of amides is 3. The van der Waals surface area contributed by atoms with E-state index in [4.69, 9.17) is 16.3 Å². The third kappa shape index (κ3) is 6.24. The van der Waals surface area contributed by atoms with Gasteiger partial charge in [-0.25, -0.2) is 9.59 Å². The van der Waals surface area contributed by atoms with E-state index >= 15 is 0 Å². The number of alkyl carbamates (subject to hydrolysis) is 1. The van der Waals surface area contributed by atoms with Crippen LogP contribution in [0.25, 0.3) is 0 Å². The number of hydrogen-bond acceptors (Lipinski definition) is 5. The van der Waals surface area contributed by atoms with Crippen LogP contribution in [-0.2, 0) is 15.1 Å². The first-order valence-corrected chi connectivity index (χ1v) is 15.5. The molecule has 5 unspecified atom stereocenters. The summed E-state index contributed by atoms with van der Waals surface area (Å²) in [6.45, 7) is 4.86. The molecule has 1 aromatic carbocycles. The molecule has 9 heteroatoms. The first kappa shape index (κ1) is 29.5. The van der Waals surface area contributed by atoms with Gasteiger partial charge in [-0.05, 0) is 106 Å². The molecule has 6 rings (SSSR count). The second-order valence-corrected chi connectivity index (χ2v) is 13.4. The molecular formula is C31H47ClN4O4. The number of halogens is 1. The molecule has 5 fully saturated rings. The van der Waals surface area contributed by atoms with Crippen LogP contribution in [0, 0.1) is 29.1 Å². The number of likely N-dealkylation sites (tertiary alicyclic amines) is 1. The van der Waals surface area contributed by atoms with Crippen LogP contribution < -0.4 is 16.0 Å². The molecule has 4 saturated carbocycles. The van der Waals surface area contributed by atoms with Crippen molar-refractivity contribution in [1.82, 2.24) is 20.9 Å². The molecular weight excluding hydrogens is 528 g/mol. The summed E-state index contributed by atoms with van der Waals surface area (Å²) >= 11 is 6.39. The van der Waals surface area contributed by atoms with E-state index < -0.39 is 11.7 Å². The number of hydrogen-bond donors (Lipinski definition) is 3. The van der Waals surface area contributed by atoms with Gasteiger partial charge in [0.15, 0.2) is 0 Å². The van der Waals surface area contributed by atoms with E-state index in [0.29, 0.717) is 30.1 Å². The Bertz CT molecular complexity index is 1040. The molecule has 40 heavy (non-hydrogen) atoms. The maximum Gasteiger partial charge on any atom is 0.406 e. The summed E-state index contributed by atoms with van der Waals surface area (Å²) in [5, 5.41) is 10.1. The molecule has 5 aliphatic rings. The summed E-state index contributed by atoms with van der Waals surface area (Å²) in [4.78, 5) is 27.2. The number of nitrogens with one attached hydrogen (secondary N) is 3. The average molecular weight is 575 g/mol. The van der Waals surface area contributed by atoms with Gasteiger partial charge in [0, 0.05) is 43.2 Å². The lowest BCUT2D eigenvalue weighted by Gasteiger charge is -2.44. The molecule has 1 aliphatic heterocycles. The lowest BCUT2D eigenvalue weighted by molar-refractivity contribution is -0.0926. The van der Waals surface area contributed by atoms with Crippen molar-refractivity contribution in [1.29, 1.82) is 0 Å². The Morgan fingerprint density at radius 2 is 2.00 bits per heavy atom. The van der Waals surface area contributed by atoms with Gasteiger partial charge in [-0.3, -0.25) is 0 Å². The van der Waals surface area contributed by atoms with Gasteiger partial charge < -0.3 is 30.3 Å². The predicted octanol–water partition coefficient (Wildman–Crippen LogP) is 5.15. The van der Waals surface area contributed by atoms with Crippen LogP contribution in [0.2, 0.25) is 5.02 Å². The minimum Gasteiger partial charge on any atom is -0.453 e. The largest absolute Gasteiger partial charge is 0.453 e. The Labute approximate surface area is 244 Å². The topological polar surface area (TPSA) is 91.9 Å². The van der Waals surface area contributed by atoms with Crippen molar-refractivity contribution in [3.8, 4) is 0 Å². The second-order valence-electron chi connectivity index (χ2n) is 13.0. The van der Waals surface area contributed by atoms with E-state index in [1.807, 2.05) is 36.2 Å². The van der Waals surface area contributed by atoms with Crippen LogP contribution in [0.1, 0.15) is 63.9 Å². The first-order chi connectivity index (χ1) is 19.2. The Kier molecular flexibility index (Phi) is 9.17. The molecule has 3 N–H and O–H groups in total. The molecule has 1 aromatic rings. The maximum absolute atomic E-state index is 13.7. The van der Waals surface area contributed by atoms with Gasteiger partial charge >= 0.3 is 12.1 Å². The number of benzene rings is 1. The highest BCUT2D eigenvalue weighted by atomic mass is 35.5. The second kappa shape index (κ2) is 12.5. The van der Waals surface area contributed by atoms with Gasteiger partial charge in [0.25, 0.3) is 0 Å². The van der Waals surface area contributed by atoms with Gasteiger partial charge in [-0.1, -0.05) is 23.7 Å². The summed E-state index contributed by atoms with van der Waals surface area (Å²) in [5.41, 5.74) is 0.737. The van der Waals surface area contributed by atoms with Crippen molar-refractivity contribution in [2.75, 3.05) is 46.9 Å². The molecule has 4 aliphatic carbocycles. The smallest absolute Gasteiger partial charge is 0.406 e. The standard InChI is InChI=1S/C31H47ClN4O4/c1-30(23-6-4-8-26(32)15-23,40-11-9-34-29(38)39-3)24-7-5-10-36(20-24)28(37)35-27(19-33-2)18-31-16-21-12-22(17-31)14-25(31)13-21/h4,6,8,15,21-22,24-25,27,33H,5,7,9-14,16-20H2,1-3H3,(H,34,38)(H,35,37). The number of ether oxygens (including phenoxy) is 2. The maximum atomic E-state index is 13.7. The quantitative estimate of drug-likeness (QED) is 0.318. The molecule has 4 bridgehead atoms. The molecule has 0 aromatic heterocycles. The van der Waals surface area contributed by atoms with Crippen LogP contribution in [0.5, 0.6) is 0 Å². The third-order valence-electron chi connectivity index (χ3n) is 10.4. The lowest BCUT2D eigenvalue weighted by atomic mass is 9.72. The van der Waals surface area contributed by atoms with Crippen molar-refractivity contribution in [2.24, 2.45) is 29.1 Å². The highest BCUT2D eigenvalue weighted by Crippen LogP contribution is 2.67. The molecule has 1 saturated heterocycles. The number of urea groups is 1. The van der Waals surface area contributed by atoms with Gasteiger partial charge in [-0.15, -0.1) is 0 Å². The number of carbonyl (C=O) groups is 2. The summed E-state index contributed by atoms with van der Waals surface area (Å²) in [5.74, 6) is 2.76. The van der Waals surface area contributed by atoms with E-state index in [0.717, 1.165) is 55.7 Å². The van der Waals surface area contributed by atoms with Gasteiger partial charge in [0.1, 0.15) is 0 Å². The molecule has 8 nitrogen and oxygen atoms in total. The molecule has 5 atom stereocenters. The summed E-state index contributed by atoms with van der Waals surface area (Å²) in [7, 11) is 3.33. The number of likely N-dealkylation sites (N-methyl/N-ethyl adjacent to an activating group) is 1. The fourth-order valence-corrected chi connectivity index (χ4v) is 9.00. The Hall–Kier alpha value is -2.03. The van der Waals surface area contributed by atoms with Gasteiger partial charge in [0.2, 0.25) is 0 Å². The zero-order valence-corrected chi connectivity index (χ0v) is 25.1. The van der Waals surface area contributed by atoms with E-state index in [1.165, 1.54) is 39.2 Å². The number of rotatable bonds is 11. The highest BCUT2D eigenvalue weighted by molar-refractivity contribution is 6.30. The number of piperidine rings is 1. The number of methoxy groups -OCH3 is 1. The summed E-state index contributed by atoms with van der Waals surface area (Å²) < 4.78 is 11.2. The Morgan fingerprint density at radius 1 is 1.23 bits per heavy atom. The normalized spacial score (nSPS) is 31.1. The minimum absolute atomic E-state index is 0.0276. The molecule has 1 heterocycles. The fraction of sp³-hybridized carbons (Fsp3) is 0.742. The Morgan fingerprint density at radius 3 is 2.70 bits per heavy atom. The van der Waals surface area contributed by atoms with Crippen LogP contribution in [0.15, 0.2) is 24.3 Å². The van der Waals surface area contributed by atoms with Crippen LogP contribution >= 0.6 is 11.6 Å². The Balaban J connectivity index is 1.25. The number of nitrogens with zero attached hydrogens (tertiary/aromatic N) is 1. The van der Waals surface area contributed by atoms with E-state index in [2.05, 4.69) is 27.6 Å². The minimum atomic E-state index is -0.674. The van der Waals surface area contributed by atoms with Crippen molar-refractivity contribution in [3.05, 3.63) is 34.9 Å². The zero-order valence-electron chi connectivity index (χ0n) is 24.3. The molecule has 3 amide bonds. The van der Waals surface area contributed by atoms with Crippen molar-refractivity contribution in [3.63, 3.8) is 0 Å². The van der Waals surface area contributed by atoms with Gasteiger partial charge in [0.05, 0.1) is 19.3 Å². The number of carbonyl (C=O) groups excluding carboxylic acids is 2. The predicted molar refractivity (Wildman–Crippen MR) is 156 cm³/mol. The molecule has 0 radical (unpaired) electrons. The van der Waals surface area contributed by atoms with Crippen molar-refractivity contribution >= 4 is 23.7 Å².